The number of carbonyl (C=O) groups is 1. The third kappa shape index (κ3) is 5.56. The summed E-state index contributed by atoms with van der Waals surface area (Å²) in [6.07, 6.45) is -7.17. The Morgan fingerprint density at radius 3 is 1.63 bits per heavy atom. The third-order valence-corrected chi connectivity index (χ3v) is 4.03. The number of halogens is 5. The van der Waals surface area contributed by atoms with Gasteiger partial charge in [0.05, 0.1) is 18.6 Å². The van der Waals surface area contributed by atoms with Crippen molar-refractivity contribution < 1.29 is 36.6 Å². The molecule has 1 N–H and O–H groups in total. The van der Waals surface area contributed by atoms with Gasteiger partial charge in [0.25, 0.3) is 0 Å². The molecule has 0 bridgehead atoms. The largest absolute Gasteiger partial charge is 0.493 e. The Balaban J connectivity index is 3.41. The summed E-state index contributed by atoms with van der Waals surface area (Å²) in [4.78, 5) is 11.5. The van der Waals surface area contributed by atoms with Crippen LogP contribution in [0, 0.1) is 0 Å². The average molecular weight is 396 g/mol. The number of alkyl halides is 5. The van der Waals surface area contributed by atoms with Crippen LogP contribution in [0.3, 0.4) is 0 Å². The van der Waals surface area contributed by atoms with Crippen LogP contribution in [0.4, 0.5) is 22.0 Å². The van der Waals surface area contributed by atoms with E-state index in [-0.39, 0.29) is 11.3 Å². The molecule has 0 unspecified atom stereocenters. The lowest BCUT2D eigenvalue weighted by atomic mass is 9.78. The van der Waals surface area contributed by atoms with Crippen LogP contribution in [0.5, 0.6) is 5.75 Å². The van der Waals surface area contributed by atoms with Crippen molar-refractivity contribution >= 4 is 5.97 Å². The number of ether oxygens (including phenoxy) is 1. The Labute approximate surface area is 155 Å². The summed E-state index contributed by atoms with van der Waals surface area (Å²) >= 11 is 0. The van der Waals surface area contributed by atoms with E-state index in [2.05, 4.69) is 0 Å². The van der Waals surface area contributed by atoms with Gasteiger partial charge in [-0.15, -0.1) is 0 Å². The Morgan fingerprint density at radius 1 is 0.926 bits per heavy atom. The minimum Gasteiger partial charge on any atom is -0.493 e. The minimum atomic E-state index is -5.65. The molecule has 3 nitrogen and oxygen atoms in total. The highest BCUT2D eigenvalue weighted by Crippen LogP contribution is 2.42. The zero-order valence-electron chi connectivity index (χ0n) is 16.2. The maximum Gasteiger partial charge on any atom is 0.453 e. The fraction of sp³-hybridized carbons (Fsp3) is 0.632. The number of carboxylic acid groups (broad SMARTS) is 1. The van der Waals surface area contributed by atoms with E-state index in [1.807, 2.05) is 0 Å². The molecule has 154 valence electrons. The van der Waals surface area contributed by atoms with Crippen LogP contribution < -0.4 is 4.74 Å². The predicted octanol–water partition coefficient (Wildman–Crippen LogP) is 5.95. The van der Waals surface area contributed by atoms with E-state index >= 15 is 0 Å². The maximum atomic E-state index is 13.2. The van der Waals surface area contributed by atoms with Gasteiger partial charge in [0.2, 0.25) is 0 Å². The molecule has 1 aromatic carbocycles. The lowest BCUT2D eigenvalue weighted by Gasteiger charge is -2.30. The van der Waals surface area contributed by atoms with E-state index in [0.29, 0.717) is 11.1 Å². The highest BCUT2D eigenvalue weighted by Gasteiger charge is 2.57. The number of hydrogen-bond acceptors (Lipinski definition) is 2. The molecule has 0 aliphatic carbocycles. The zero-order valence-corrected chi connectivity index (χ0v) is 16.2. The lowest BCUT2D eigenvalue weighted by Crippen LogP contribution is -2.37. The van der Waals surface area contributed by atoms with Crippen LogP contribution in [0.1, 0.15) is 69.4 Å². The normalized spacial score (nSPS) is 13.6. The molecule has 0 spiro atoms. The van der Waals surface area contributed by atoms with Crippen LogP contribution in [-0.2, 0) is 10.8 Å². The molecule has 0 heterocycles. The monoisotopic (exact) mass is 396 g/mol. The minimum absolute atomic E-state index is 0.00202. The van der Waals surface area contributed by atoms with Crippen LogP contribution >= 0.6 is 0 Å². The van der Waals surface area contributed by atoms with E-state index in [4.69, 9.17) is 4.74 Å². The first-order chi connectivity index (χ1) is 11.9. The zero-order chi connectivity index (χ0) is 21.4. The molecule has 0 fully saturated rings. The first kappa shape index (κ1) is 23.2. The molecule has 0 aromatic heterocycles. The van der Waals surface area contributed by atoms with Gasteiger partial charge in [-0.05, 0) is 23.0 Å². The molecule has 0 amide bonds. The van der Waals surface area contributed by atoms with E-state index < -0.39 is 41.9 Å². The second-order valence-electron chi connectivity index (χ2n) is 8.51. The standard InChI is InChI=1S/C19H25F5O3/c1-16(2,3)12-9-11(15(25)26)10-13(17(4,5)6)14(12)27-8-7-18(20,21)19(22,23)24/h9-10H,7-8H2,1-6H3,(H,25,26). The summed E-state index contributed by atoms with van der Waals surface area (Å²) in [5, 5.41) is 9.36. The fourth-order valence-corrected chi connectivity index (χ4v) is 2.45. The molecule has 8 heteroatoms. The highest BCUT2D eigenvalue weighted by molar-refractivity contribution is 5.88. The van der Waals surface area contributed by atoms with Gasteiger partial charge < -0.3 is 9.84 Å². The first-order valence-corrected chi connectivity index (χ1v) is 8.37. The second-order valence-corrected chi connectivity index (χ2v) is 8.51. The third-order valence-electron chi connectivity index (χ3n) is 4.03. The number of hydrogen-bond donors (Lipinski definition) is 1. The summed E-state index contributed by atoms with van der Waals surface area (Å²) < 4.78 is 68.9. The van der Waals surface area contributed by atoms with Crippen molar-refractivity contribution in [2.24, 2.45) is 0 Å². The Hall–Kier alpha value is -1.86. The van der Waals surface area contributed by atoms with Crippen LogP contribution in [0.25, 0.3) is 0 Å². The van der Waals surface area contributed by atoms with Crippen molar-refractivity contribution in [2.75, 3.05) is 6.61 Å². The van der Waals surface area contributed by atoms with Crippen molar-refractivity contribution in [1.82, 2.24) is 0 Å². The van der Waals surface area contributed by atoms with E-state index in [9.17, 15) is 31.9 Å². The van der Waals surface area contributed by atoms with Crippen LogP contribution in [-0.4, -0.2) is 29.8 Å². The molecule has 0 atom stereocenters. The predicted molar refractivity (Wildman–Crippen MR) is 91.9 cm³/mol. The number of benzene rings is 1. The van der Waals surface area contributed by atoms with Crippen molar-refractivity contribution in [3.8, 4) is 5.75 Å². The Morgan fingerprint density at radius 2 is 1.33 bits per heavy atom. The van der Waals surface area contributed by atoms with Gasteiger partial charge in [-0.2, -0.15) is 22.0 Å². The quantitative estimate of drug-likeness (QED) is 0.626. The highest BCUT2D eigenvalue weighted by atomic mass is 19.4. The first-order valence-electron chi connectivity index (χ1n) is 8.37. The summed E-state index contributed by atoms with van der Waals surface area (Å²) in [5.41, 5.74) is -0.371. The van der Waals surface area contributed by atoms with Crippen molar-refractivity contribution in [1.29, 1.82) is 0 Å². The van der Waals surface area contributed by atoms with Gasteiger partial charge >= 0.3 is 18.1 Å². The van der Waals surface area contributed by atoms with Gasteiger partial charge in [-0.25, -0.2) is 4.79 Å². The lowest BCUT2D eigenvalue weighted by molar-refractivity contribution is -0.285. The van der Waals surface area contributed by atoms with E-state index in [1.54, 1.807) is 41.5 Å². The van der Waals surface area contributed by atoms with Gasteiger partial charge in [0.1, 0.15) is 5.75 Å². The SMILES string of the molecule is CC(C)(C)c1cc(C(=O)O)cc(C(C)(C)C)c1OCCC(F)(F)C(F)(F)F. The molecule has 1 rings (SSSR count). The summed E-state index contributed by atoms with van der Waals surface area (Å²) in [5.74, 6) is -5.88. The molecular formula is C19H25F5O3. The van der Waals surface area contributed by atoms with Gasteiger partial charge in [0, 0.05) is 11.1 Å². The van der Waals surface area contributed by atoms with Crippen LogP contribution in [0.15, 0.2) is 12.1 Å². The van der Waals surface area contributed by atoms with Gasteiger partial charge in [-0.3, -0.25) is 0 Å². The summed E-state index contributed by atoms with van der Waals surface area (Å²) in [6.45, 7) is 9.80. The van der Waals surface area contributed by atoms with Crippen molar-refractivity contribution in [3.05, 3.63) is 28.8 Å². The molecule has 0 radical (unpaired) electrons. The number of carboxylic acids is 1. The van der Waals surface area contributed by atoms with Crippen LogP contribution in [0.2, 0.25) is 0 Å². The number of aromatic carboxylic acids is 1. The van der Waals surface area contributed by atoms with E-state index in [1.165, 1.54) is 12.1 Å². The molecule has 0 saturated carbocycles. The topological polar surface area (TPSA) is 46.5 Å². The Bertz CT molecular complexity index is 660. The van der Waals surface area contributed by atoms with Crippen molar-refractivity contribution in [3.63, 3.8) is 0 Å². The van der Waals surface area contributed by atoms with Crippen molar-refractivity contribution in [2.45, 2.75) is 70.9 Å². The molecule has 1 aromatic rings. The molecule has 0 aliphatic rings. The molecule has 27 heavy (non-hydrogen) atoms. The van der Waals surface area contributed by atoms with Gasteiger partial charge in [-0.1, -0.05) is 41.5 Å². The molecular weight excluding hydrogens is 371 g/mol. The summed E-state index contributed by atoms with van der Waals surface area (Å²) in [7, 11) is 0. The average Bonchev–Trinajstić information content (AvgIpc) is 2.43. The smallest absolute Gasteiger partial charge is 0.453 e. The maximum absolute atomic E-state index is 13.2. The second kappa shape index (κ2) is 7.28. The summed E-state index contributed by atoms with van der Waals surface area (Å²) in [6, 6.07) is 2.74. The fourth-order valence-electron chi connectivity index (χ4n) is 2.45. The number of rotatable bonds is 5. The molecule has 0 aliphatic heterocycles. The Kier molecular flexibility index (Phi) is 6.25. The van der Waals surface area contributed by atoms with Gasteiger partial charge in [0.15, 0.2) is 0 Å². The van der Waals surface area contributed by atoms with E-state index in [0.717, 1.165) is 0 Å². The molecule has 0 saturated heterocycles.